The number of piperazine rings is 1. The molecule has 3 heterocycles. The average molecular weight is 530 g/mol. The summed E-state index contributed by atoms with van der Waals surface area (Å²) in [5.74, 6) is 0.605. The largest absolute Gasteiger partial charge is 0.467 e. The summed E-state index contributed by atoms with van der Waals surface area (Å²) in [4.78, 5) is 40.9. The summed E-state index contributed by atoms with van der Waals surface area (Å²) in [5, 5.41) is 2.88. The molecule has 1 saturated heterocycles. The summed E-state index contributed by atoms with van der Waals surface area (Å²) in [7, 11) is 3.45. The van der Waals surface area contributed by atoms with Crippen molar-refractivity contribution in [1.82, 2.24) is 25.1 Å². The van der Waals surface area contributed by atoms with E-state index in [2.05, 4.69) is 50.3 Å². The summed E-state index contributed by atoms with van der Waals surface area (Å²) >= 11 is 0. The lowest BCUT2D eigenvalue weighted by molar-refractivity contribution is -0.142. The quantitative estimate of drug-likeness (QED) is 0.468. The van der Waals surface area contributed by atoms with Crippen LogP contribution in [0.5, 0.6) is 0 Å². The molecule has 0 radical (unpaired) electrons. The molecule has 1 aromatic heterocycles. The molecule has 0 spiro atoms. The number of anilines is 2. The number of hydrogen-bond acceptors (Lipinski definition) is 8. The van der Waals surface area contributed by atoms with Crippen LogP contribution in [0.4, 0.5) is 16.6 Å². The Morgan fingerprint density at radius 1 is 1.00 bits per heavy atom. The van der Waals surface area contributed by atoms with Crippen LogP contribution in [-0.2, 0) is 28.9 Å². The molecule has 0 aliphatic carbocycles. The van der Waals surface area contributed by atoms with Gasteiger partial charge in [-0.05, 0) is 36.2 Å². The lowest BCUT2D eigenvalue weighted by Gasteiger charge is -2.33. The van der Waals surface area contributed by atoms with Crippen LogP contribution in [0, 0.1) is 0 Å². The Kier molecular flexibility index (Phi) is 7.92. The normalized spacial score (nSPS) is 16.4. The number of methoxy groups -OCH3 is 1. The highest BCUT2D eigenvalue weighted by Gasteiger charge is 2.27. The SMILES string of the molecule is COC(=O)[C@H](Cc1ccccc1)NC(=O)N1CCc2ccc(-c3cc(N4CCN(C)CC4)nc(N)n3)cc2C1. The highest BCUT2D eigenvalue weighted by molar-refractivity contribution is 5.84. The highest BCUT2D eigenvalue weighted by atomic mass is 16.5. The Bertz CT molecular complexity index is 1330. The van der Waals surface area contributed by atoms with Crippen molar-refractivity contribution in [3.63, 3.8) is 0 Å². The third-order valence-corrected chi connectivity index (χ3v) is 7.42. The number of urea groups is 1. The molecular weight excluding hydrogens is 494 g/mol. The van der Waals surface area contributed by atoms with Crippen LogP contribution in [0.15, 0.2) is 54.6 Å². The second-order valence-electron chi connectivity index (χ2n) is 10.1. The summed E-state index contributed by atoms with van der Waals surface area (Å²) in [6.45, 7) is 4.71. The minimum absolute atomic E-state index is 0.243. The number of carbonyl (C=O) groups excluding carboxylic acids is 2. The van der Waals surface area contributed by atoms with Gasteiger partial charge in [0.05, 0.1) is 12.8 Å². The molecule has 2 aromatic carbocycles. The molecule has 2 amide bonds. The number of fused-ring (bicyclic) bond motifs is 1. The molecule has 0 saturated carbocycles. The first-order valence-electron chi connectivity index (χ1n) is 13.3. The van der Waals surface area contributed by atoms with Gasteiger partial charge in [0.2, 0.25) is 5.95 Å². The Morgan fingerprint density at radius 2 is 1.77 bits per heavy atom. The first-order valence-corrected chi connectivity index (χ1v) is 13.3. The number of hydrogen-bond donors (Lipinski definition) is 2. The van der Waals surface area contributed by atoms with Gasteiger partial charge in [0.15, 0.2) is 0 Å². The number of aromatic nitrogens is 2. The van der Waals surface area contributed by atoms with E-state index in [9.17, 15) is 9.59 Å². The topological polar surface area (TPSA) is 117 Å². The van der Waals surface area contributed by atoms with E-state index in [1.807, 2.05) is 36.4 Å². The second-order valence-corrected chi connectivity index (χ2v) is 10.1. The van der Waals surface area contributed by atoms with Crippen LogP contribution in [0.2, 0.25) is 0 Å². The molecular formula is C29H35N7O3. The van der Waals surface area contributed by atoms with Gasteiger partial charge < -0.3 is 30.5 Å². The molecule has 0 unspecified atom stereocenters. The molecule has 1 atom stereocenters. The number of nitrogen functional groups attached to an aromatic ring is 1. The van der Waals surface area contributed by atoms with Gasteiger partial charge in [-0.2, -0.15) is 4.98 Å². The monoisotopic (exact) mass is 529 g/mol. The van der Waals surface area contributed by atoms with Crippen molar-refractivity contribution in [2.75, 3.05) is 57.5 Å². The number of nitrogens with two attached hydrogens (primary N) is 1. The van der Waals surface area contributed by atoms with Gasteiger partial charge >= 0.3 is 12.0 Å². The highest BCUT2D eigenvalue weighted by Crippen LogP contribution is 2.28. The zero-order valence-electron chi connectivity index (χ0n) is 22.5. The van der Waals surface area contributed by atoms with Gasteiger partial charge in [-0.25, -0.2) is 14.6 Å². The van der Waals surface area contributed by atoms with Crippen molar-refractivity contribution in [1.29, 1.82) is 0 Å². The van der Waals surface area contributed by atoms with E-state index in [1.54, 1.807) is 4.90 Å². The predicted molar refractivity (Wildman–Crippen MR) is 150 cm³/mol. The van der Waals surface area contributed by atoms with E-state index in [-0.39, 0.29) is 12.0 Å². The number of benzene rings is 2. The van der Waals surface area contributed by atoms with Gasteiger partial charge in [-0.3, -0.25) is 0 Å². The van der Waals surface area contributed by atoms with Crippen LogP contribution in [0.3, 0.4) is 0 Å². The van der Waals surface area contributed by atoms with E-state index in [1.165, 1.54) is 12.7 Å². The molecule has 3 aromatic rings. The van der Waals surface area contributed by atoms with Gasteiger partial charge in [-0.15, -0.1) is 0 Å². The van der Waals surface area contributed by atoms with Crippen molar-refractivity contribution in [2.24, 2.45) is 0 Å². The third-order valence-electron chi connectivity index (χ3n) is 7.42. The fourth-order valence-corrected chi connectivity index (χ4v) is 5.11. The summed E-state index contributed by atoms with van der Waals surface area (Å²) < 4.78 is 4.96. The molecule has 10 heteroatoms. The molecule has 39 heavy (non-hydrogen) atoms. The number of nitrogens with zero attached hydrogens (tertiary/aromatic N) is 5. The third kappa shape index (κ3) is 6.28. The molecule has 1 fully saturated rings. The lowest BCUT2D eigenvalue weighted by Crippen LogP contribution is -2.50. The summed E-state index contributed by atoms with van der Waals surface area (Å²) in [6.07, 6.45) is 1.08. The molecule has 10 nitrogen and oxygen atoms in total. The van der Waals surface area contributed by atoms with Crippen LogP contribution >= 0.6 is 0 Å². The molecule has 3 N–H and O–H groups in total. The zero-order chi connectivity index (χ0) is 27.4. The number of likely N-dealkylation sites (N-methyl/N-ethyl adjacent to an activating group) is 1. The van der Waals surface area contributed by atoms with E-state index in [0.29, 0.717) is 19.5 Å². The Hall–Kier alpha value is -4.18. The standard InChI is InChI=1S/C29H35N7O3/c1-34-12-14-35(15-13-34)26-18-24(31-28(30)33-26)22-9-8-21-10-11-36(19-23(21)17-22)29(38)32-25(27(37)39-2)16-20-6-4-3-5-7-20/h3-9,17-18,25H,10-16,19H2,1-2H3,(H,32,38)(H2,30,31,33)/t25-/m0/s1. The lowest BCUT2D eigenvalue weighted by atomic mass is 9.96. The Labute approximate surface area is 228 Å². The van der Waals surface area contributed by atoms with Crippen molar-refractivity contribution >= 4 is 23.8 Å². The molecule has 5 rings (SSSR count). The fraction of sp³-hybridized carbons (Fsp3) is 0.379. The van der Waals surface area contributed by atoms with Crippen LogP contribution in [-0.4, -0.2) is 84.7 Å². The molecule has 2 aliphatic rings. The maximum Gasteiger partial charge on any atom is 0.328 e. The number of rotatable bonds is 6. The van der Waals surface area contributed by atoms with E-state index in [0.717, 1.165) is 60.8 Å². The number of nitrogens with one attached hydrogen (secondary N) is 1. The van der Waals surface area contributed by atoms with Crippen molar-refractivity contribution in [3.05, 3.63) is 71.3 Å². The number of esters is 1. The Morgan fingerprint density at radius 3 is 2.51 bits per heavy atom. The maximum atomic E-state index is 13.2. The number of carbonyl (C=O) groups is 2. The van der Waals surface area contributed by atoms with Crippen molar-refractivity contribution < 1.29 is 14.3 Å². The average Bonchev–Trinajstić information content (AvgIpc) is 2.96. The van der Waals surface area contributed by atoms with E-state index < -0.39 is 12.0 Å². The number of amides is 2. The van der Waals surface area contributed by atoms with Crippen LogP contribution in [0.1, 0.15) is 16.7 Å². The predicted octanol–water partition coefficient (Wildman–Crippen LogP) is 2.33. The first-order chi connectivity index (χ1) is 18.9. The van der Waals surface area contributed by atoms with Gasteiger partial charge in [0.25, 0.3) is 0 Å². The smallest absolute Gasteiger partial charge is 0.328 e. The van der Waals surface area contributed by atoms with Gasteiger partial charge in [0.1, 0.15) is 11.9 Å². The first kappa shape index (κ1) is 26.4. The van der Waals surface area contributed by atoms with Crippen LogP contribution in [0.25, 0.3) is 11.3 Å². The maximum absolute atomic E-state index is 13.2. The molecule has 204 valence electrons. The van der Waals surface area contributed by atoms with E-state index in [4.69, 9.17) is 10.5 Å². The minimum atomic E-state index is -0.769. The van der Waals surface area contributed by atoms with Crippen molar-refractivity contribution in [3.8, 4) is 11.3 Å². The van der Waals surface area contributed by atoms with Crippen molar-refractivity contribution in [2.45, 2.75) is 25.4 Å². The summed E-state index contributed by atoms with van der Waals surface area (Å²) in [6, 6.07) is 16.7. The molecule has 2 aliphatic heterocycles. The minimum Gasteiger partial charge on any atom is -0.467 e. The summed E-state index contributed by atoms with van der Waals surface area (Å²) in [5.41, 5.74) is 11.0. The fourth-order valence-electron chi connectivity index (χ4n) is 5.11. The Balaban J connectivity index is 1.31. The number of ether oxygens (including phenoxy) is 1. The van der Waals surface area contributed by atoms with Crippen LogP contribution < -0.4 is 16.0 Å². The molecule has 0 bridgehead atoms. The zero-order valence-corrected chi connectivity index (χ0v) is 22.5. The van der Waals surface area contributed by atoms with Gasteiger partial charge in [0, 0.05) is 57.3 Å². The van der Waals surface area contributed by atoms with Gasteiger partial charge in [-0.1, -0.05) is 42.5 Å². The van der Waals surface area contributed by atoms with E-state index >= 15 is 0 Å². The second kappa shape index (κ2) is 11.7.